The quantitative estimate of drug-likeness (QED) is 0.535. The second-order valence-electron chi connectivity index (χ2n) is 4.38. The highest BCUT2D eigenvalue weighted by atomic mass is 19.1. The van der Waals surface area contributed by atoms with E-state index in [1.165, 1.54) is 44.6 Å². The van der Waals surface area contributed by atoms with Crippen molar-refractivity contribution < 1.29 is 18.7 Å². The summed E-state index contributed by atoms with van der Waals surface area (Å²) in [5, 5.41) is 0. The standard InChI is InChI=1S/C16H15FN2O3/c1-21-14-8-5-11(16(20)22-2)9-13(14)19-15(18)10-3-6-12(17)7-4-10/h3-9H,1-2H3,(H2,18,19). The maximum absolute atomic E-state index is 12.9. The number of esters is 1. The third-order valence-electron chi connectivity index (χ3n) is 2.98. The number of carbonyl (C=O) groups excluding carboxylic acids is 1. The number of halogens is 1. The Balaban J connectivity index is 2.43. The second-order valence-corrected chi connectivity index (χ2v) is 4.38. The van der Waals surface area contributed by atoms with Gasteiger partial charge >= 0.3 is 5.97 Å². The largest absolute Gasteiger partial charge is 0.494 e. The molecule has 0 saturated carbocycles. The van der Waals surface area contributed by atoms with Crippen molar-refractivity contribution in [3.8, 4) is 5.75 Å². The molecule has 0 fully saturated rings. The number of nitrogens with two attached hydrogens (primary N) is 1. The maximum Gasteiger partial charge on any atom is 0.337 e. The van der Waals surface area contributed by atoms with Gasteiger partial charge in [0, 0.05) is 5.56 Å². The van der Waals surface area contributed by atoms with E-state index in [0.717, 1.165) is 0 Å². The number of carbonyl (C=O) groups is 1. The average molecular weight is 302 g/mol. The van der Waals surface area contributed by atoms with Crippen LogP contribution in [0.3, 0.4) is 0 Å². The lowest BCUT2D eigenvalue weighted by Gasteiger charge is -2.08. The highest BCUT2D eigenvalue weighted by Crippen LogP contribution is 2.29. The van der Waals surface area contributed by atoms with Crippen LogP contribution < -0.4 is 10.5 Å². The van der Waals surface area contributed by atoms with Gasteiger partial charge in [0.05, 0.1) is 19.8 Å². The molecule has 0 amide bonds. The molecule has 0 unspecified atom stereocenters. The van der Waals surface area contributed by atoms with E-state index >= 15 is 0 Å². The summed E-state index contributed by atoms with van der Waals surface area (Å²) < 4.78 is 22.8. The van der Waals surface area contributed by atoms with Crippen LogP contribution in [0.4, 0.5) is 10.1 Å². The van der Waals surface area contributed by atoms with E-state index in [9.17, 15) is 9.18 Å². The molecular weight excluding hydrogens is 287 g/mol. The lowest BCUT2D eigenvalue weighted by atomic mass is 10.1. The fraction of sp³-hybridized carbons (Fsp3) is 0.125. The van der Waals surface area contributed by atoms with E-state index in [4.69, 9.17) is 10.5 Å². The summed E-state index contributed by atoms with van der Waals surface area (Å²) in [6.45, 7) is 0. The van der Waals surface area contributed by atoms with Crippen LogP contribution in [0.15, 0.2) is 47.5 Å². The molecule has 0 aliphatic carbocycles. The molecular formula is C16H15FN2O3. The number of amidine groups is 1. The Bertz CT molecular complexity index is 712. The molecule has 0 saturated heterocycles. The van der Waals surface area contributed by atoms with E-state index in [0.29, 0.717) is 22.6 Å². The van der Waals surface area contributed by atoms with Gasteiger partial charge in [0.25, 0.3) is 0 Å². The van der Waals surface area contributed by atoms with Gasteiger partial charge in [-0.15, -0.1) is 0 Å². The minimum absolute atomic E-state index is 0.181. The first-order valence-electron chi connectivity index (χ1n) is 6.41. The predicted octanol–water partition coefficient (Wildman–Crippen LogP) is 2.66. The van der Waals surface area contributed by atoms with Gasteiger partial charge in [0.1, 0.15) is 23.1 Å². The Hall–Kier alpha value is -2.89. The lowest BCUT2D eigenvalue weighted by molar-refractivity contribution is 0.0600. The molecule has 0 aliphatic rings. The molecule has 6 heteroatoms. The zero-order valence-corrected chi connectivity index (χ0v) is 12.2. The van der Waals surface area contributed by atoms with Crippen molar-refractivity contribution in [2.45, 2.75) is 0 Å². The normalized spacial score (nSPS) is 11.1. The maximum atomic E-state index is 12.9. The second kappa shape index (κ2) is 6.71. The zero-order chi connectivity index (χ0) is 16.1. The lowest BCUT2D eigenvalue weighted by Crippen LogP contribution is -2.12. The molecule has 114 valence electrons. The smallest absolute Gasteiger partial charge is 0.337 e. The van der Waals surface area contributed by atoms with Gasteiger partial charge in [-0.2, -0.15) is 0 Å². The summed E-state index contributed by atoms with van der Waals surface area (Å²) in [4.78, 5) is 15.8. The van der Waals surface area contributed by atoms with E-state index in [1.807, 2.05) is 0 Å². The van der Waals surface area contributed by atoms with Gasteiger partial charge in [0.2, 0.25) is 0 Å². The number of benzene rings is 2. The molecule has 2 aromatic carbocycles. The van der Waals surface area contributed by atoms with Crippen LogP contribution in [0.5, 0.6) is 5.75 Å². The molecule has 0 atom stereocenters. The topological polar surface area (TPSA) is 73.9 Å². The van der Waals surface area contributed by atoms with Crippen molar-refractivity contribution in [3.05, 3.63) is 59.4 Å². The van der Waals surface area contributed by atoms with Crippen LogP contribution in [0.2, 0.25) is 0 Å². The molecule has 0 radical (unpaired) electrons. The van der Waals surface area contributed by atoms with E-state index in [-0.39, 0.29) is 11.7 Å². The van der Waals surface area contributed by atoms with E-state index in [1.54, 1.807) is 12.1 Å². The average Bonchev–Trinajstić information content (AvgIpc) is 2.54. The van der Waals surface area contributed by atoms with Gasteiger partial charge in [-0.3, -0.25) is 0 Å². The van der Waals surface area contributed by atoms with Crippen molar-refractivity contribution in [2.75, 3.05) is 14.2 Å². The summed E-state index contributed by atoms with van der Waals surface area (Å²) in [6, 6.07) is 10.3. The number of rotatable bonds is 4. The fourth-order valence-electron chi connectivity index (χ4n) is 1.84. The Labute approximate surface area is 127 Å². The Morgan fingerprint density at radius 2 is 1.73 bits per heavy atom. The summed E-state index contributed by atoms with van der Waals surface area (Å²) in [7, 11) is 2.78. The van der Waals surface area contributed by atoms with Crippen LogP contribution >= 0.6 is 0 Å². The monoisotopic (exact) mass is 302 g/mol. The number of hydrogen-bond donors (Lipinski definition) is 1. The van der Waals surface area contributed by atoms with E-state index < -0.39 is 5.97 Å². The minimum Gasteiger partial charge on any atom is -0.494 e. The first kappa shape index (κ1) is 15.5. The molecule has 2 aromatic rings. The van der Waals surface area contributed by atoms with Gasteiger partial charge < -0.3 is 15.2 Å². The number of nitrogens with zero attached hydrogens (tertiary/aromatic N) is 1. The first-order chi connectivity index (χ1) is 10.5. The minimum atomic E-state index is -0.487. The van der Waals surface area contributed by atoms with Crippen molar-refractivity contribution in [2.24, 2.45) is 10.7 Å². The molecule has 0 aromatic heterocycles. The SMILES string of the molecule is COC(=O)c1ccc(OC)c(N=C(N)c2ccc(F)cc2)c1. The van der Waals surface area contributed by atoms with Gasteiger partial charge in [-0.05, 0) is 42.5 Å². The summed E-state index contributed by atoms with van der Waals surface area (Å²) in [6.07, 6.45) is 0. The van der Waals surface area contributed by atoms with Crippen molar-refractivity contribution >= 4 is 17.5 Å². The van der Waals surface area contributed by atoms with Gasteiger partial charge in [-0.25, -0.2) is 14.2 Å². The third kappa shape index (κ3) is 3.41. The molecule has 2 N–H and O–H groups in total. The molecule has 2 rings (SSSR count). The number of hydrogen-bond acceptors (Lipinski definition) is 4. The number of aliphatic imine (C=N–C) groups is 1. The van der Waals surface area contributed by atoms with Crippen molar-refractivity contribution in [1.82, 2.24) is 0 Å². The van der Waals surface area contributed by atoms with Crippen molar-refractivity contribution in [3.63, 3.8) is 0 Å². The summed E-state index contributed by atoms with van der Waals surface area (Å²) in [5.41, 5.74) is 7.19. The van der Waals surface area contributed by atoms with Crippen LogP contribution in [0.25, 0.3) is 0 Å². The Morgan fingerprint density at radius 3 is 2.32 bits per heavy atom. The molecule has 22 heavy (non-hydrogen) atoms. The van der Waals surface area contributed by atoms with Crippen LogP contribution in [0, 0.1) is 5.82 Å². The predicted molar refractivity (Wildman–Crippen MR) is 81.1 cm³/mol. The van der Waals surface area contributed by atoms with Gasteiger partial charge in [0.15, 0.2) is 0 Å². The molecule has 0 aliphatic heterocycles. The zero-order valence-electron chi connectivity index (χ0n) is 12.2. The van der Waals surface area contributed by atoms with Crippen LogP contribution in [0.1, 0.15) is 15.9 Å². The summed E-state index contributed by atoms with van der Waals surface area (Å²) >= 11 is 0. The Kier molecular flexibility index (Phi) is 4.73. The Morgan fingerprint density at radius 1 is 1.09 bits per heavy atom. The van der Waals surface area contributed by atoms with E-state index in [2.05, 4.69) is 9.73 Å². The first-order valence-corrected chi connectivity index (χ1v) is 6.41. The third-order valence-corrected chi connectivity index (χ3v) is 2.98. The molecule has 0 spiro atoms. The van der Waals surface area contributed by atoms with Crippen molar-refractivity contribution in [1.29, 1.82) is 0 Å². The molecule has 0 heterocycles. The van der Waals surface area contributed by atoms with Crippen LogP contribution in [-0.4, -0.2) is 26.0 Å². The highest BCUT2D eigenvalue weighted by Gasteiger charge is 2.11. The fourth-order valence-corrected chi connectivity index (χ4v) is 1.84. The highest BCUT2D eigenvalue weighted by molar-refractivity contribution is 6.00. The molecule has 0 bridgehead atoms. The number of ether oxygens (including phenoxy) is 2. The number of methoxy groups -OCH3 is 2. The van der Waals surface area contributed by atoms with Gasteiger partial charge in [-0.1, -0.05) is 0 Å². The van der Waals surface area contributed by atoms with Crippen LogP contribution in [-0.2, 0) is 4.74 Å². The molecule has 5 nitrogen and oxygen atoms in total. The summed E-state index contributed by atoms with van der Waals surface area (Å²) in [5.74, 6) is -0.209.